The van der Waals surface area contributed by atoms with Crippen molar-refractivity contribution in [3.63, 3.8) is 0 Å². The lowest BCUT2D eigenvalue weighted by Crippen LogP contribution is -2.16. The minimum atomic E-state index is -0.473. The number of halogens is 2. The minimum absolute atomic E-state index is 0.128. The van der Waals surface area contributed by atoms with Crippen LogP contribution in [0.25, 0.3) is 16.6 Å². The van der Waals surface area contributed by atoms with Crippen LogP contribution < -0.4 is 10.7 Å². The van der Waals surface area contributed by atoms with Gasteiger partial charge in [0, 0.05) is 18.9 Å². The molecule has 0 aliphatic heterocycles. The quantitative estimate of drug-likeness (QED) is 0.451. The Hall–Kier alpha value is -3.58. The van der Waals surface area contributed by atoms with Gasteiger partial charge in [-0.1, -0.05) is 12.1 Å². The number of ether oxygens (including phenoxy) is 1. The van der Waals surface area contributed by atoms with Crippen molar-refractivity contribution in [1.82, 2.24) is 9.55 Å². The summed E-state index contributed by atoms with van der Waals surface area (Å²) >= 11 is 0. The molecular weight excluding hydrogens is 412 g/mol. The lowest BCUT2D eigenvalue weighted by Gasteiger charge is -2.20. The highest BCUT2D eigenvalue weighted by atomic mass is 19.1. The van der Waals surface area contributed by atoms with Crippen molar-refractivity contribution in [3.05, 3.63) is 92.9 Å². The van der Waals surface area contributed by atoms with Gasteiger partial charge < -0.3 is 10.1 Å². The Bertz CT molecular complexity index is 1400. The number of aryl methyl sites for hydroxylation is 3. The van der Waals surface area contributed by atoms with Crippen molar-refractivity contribution >= 4 is 22.4 Å². The Morgan fingerprint density at radius 2 is 1.66 bits per heavy atom. The molecule has 0 fully saturated rings. The number of methoxy groups -OCH3 is 1. The van der Waals surface area contributed by atoms with Gasteiger partial charge in [0.15, 0.2) is 5.43 Å². The molecule has 7 heteroatoms. The second-order valence-electron chi connectivity index (χ2n) is 7.83. The average Bonchev–Trinajstić information content (AvgIpc) is 2.71. The number of hydrogen-bond acceptors (Lipinski definition) is 4. The summed E-state index contributed by atoms with van der Waals surface area (Å²) in [7, 11) is 1.52. The van der Waals surface area contributed by atoms with Crippen LogP contribution in [0.3, 0.4) is 0 Å². The summed E-state index contributed by atoms with van der Waals surface area (Å²) in [4.78, 5) is 17.6. The molecule has 32 heavy (non-hydrogen) atoms. The van der Waals surface area contributed by atoms with Gasteiger partial charge in [-0.05, 0) is 62.2 Å². The molecule has 2 aromatic carbocycles. The lowest BCUT2D eigenvalue weighted by molar-refractivity contribution is 0.182. The Morgan fingerprint density at radius 3 is 2.31 bits per heavy atom. The summed E-state index contributed by atoms with van der Waals surface area (Å²) in [6.45, 7) is 5.50. The Morgan fingerprint density at radius 1 is 0.969 bits per heavy atom. The van der Waals surface area contributed by atoms with Gasteiger partial charge >= 0.3 is 0 Å². The number of pyridine rings is 2. The Balaban J connectivity index is 2.08. The molecule has 0 unspecified atom stereocenters. The van der Waals surface area contributed by atoms with Crippen molar-refractivity contribution < 1.29 is 13.5 Å². The van der Waals surface area contributed by atoms with Crippen molar-refractivity contribution in [2.24, 2.45) is 0 Å². The summed E-state index contributed by atoms with van der Waals surface area (Å²) in [5.41, 5.74) is 3.16. The van der Waals surface area contributed by atoms with E-state index in [0.717, 1.165) is 11.1 Å². The van der Waals surface area contributed by atoms with E-state index in [2.05, 4.69) is 10.3 Å². The number of benzene rings is 2. The minimum Gasteiger partial charge on any atom is -0.378 e. The van der Waals surface area contributed by atoms with E-state index in [0.29, 0.717) is 22.3 Å². The molecule has 5 nitrogen and oxygen atoms in total. The van der Waals surface area contributed by atoms with Crippen LogP contribution in [0.5, 0.6) is 0 Å². The second-order valence-corrected chi connectivity index (χ2v) is 7.83. The van der Waals surface area contributed by atoms with Crippen LogP contribution in [-0.4, -0.2) is 16.7 Å². The molecule has 2 heterocycles. The largest absolute Gasteiger partial charge is 0.378 e. The predicted octanol–water partition coefficient (Wildman–Crippen LogP) is 5.48. The van der Waals surface area contributed by atoms with Crippen LogP contribution in [-0.2, 0) is 11.3 Å². The lowest BCUT2D eigenvalue weighted by atomic mass is 10.1. The van der Waals surface area contributed by atoms with Crippen LogP contribution in [0, 0.1) is 32.4 Å². The van der Waals surface area contributed by atoms with E-state index in [-0.39, 0.29) is 29.2 Å². The molecule has 0 aliphatic rings. The molecule has 4 rings (SSSR count). The number of fused-ring (bicyclic) bond motifs is 1. The molecule has 1 N–H and O–H groups in total. The third-order valence-corrected chi connectivity index (χ3v) is 5.21. The molecule has 0 amide bonds. The maximum atomic E-state index is 15.1. The molecule has 0 spiro atoms. The molecule has 4 aromatic rings. The molecule has 2 aromatic heterocycles. The van der Waals surface area contributed by atoms with Gasteiger partial charge in [0.05, 0.1) is 34.6 Å². The van der Waals surface area contributed by atoms with Crippen molar-refractivity contribution in [3.8, 4) is 5.69 Å². The number of nitrogens with one attached hydrogen (secondary N) is 1. The molecule has 0 aliphatic carbocycles. The third-order valence-electron chi connectivity index (χ3n) is 5.21. The first-order valence-corrected chi connectivity index (χ1v) is 10.1. The van der Waals surface area contributed by atoms with Crippen LogP contribution in [0.4, 0.5) is 20.3 Å². The van der Waals surface area contributed by atoms with E-state index in [1.165, 1.54) is 25.3 Å². The summed E-state index contributed by atoms with van der Waals surface area (Å²) in [6, 6.07) is 12.6. The van der Waals surface area contributed by atoms with Crippen LogP contribution in [0.2, 0.25) is 0 Å². The predicted molar refractivity (Wildman–Crippen MR) is 122 cm³/mol. The van der Waals surface area contributed by atoms with E-state index in [4.69, 9.17) is 4.74 Å². The van der Waals surface area contributed by atoms with Crippen LogP contribution in [0.1, 0.15) is 22.5 Å². The summed E-state index contributed by atoms with van der Waals surface area (Å²) in [5.74, 6) is -0.702. The third kappa shape index (κ3) is 3.99. The summed E-state index contributed by atoms with van der Waals surface area (Å²) in [5, 5.41) is 3.31. The van der Waals surface area contributed by atoms with Gasteiger partial charge in [-0.25, -0.2) is 8.78 Å². The first kappa shape index (κ1) is 21.6. The average molecular weight is 435 g/mol. The first-order chi connectivity index (χ1) is 15.3. The topological polar surface area (TPSA) is 56.1 Å². The van der Waals surface area contributed by atoms with E-state index in [1.54, 1.807) is 55.7 Å². The zero-order valence-electron chi connectivity index (χ0n) is 18.3. The van der Waals surface area contributed by atoms with Gasteiger partial charge in [-0.2, -0.15) is 0 Å². The summed E-state index contributed by atoms with van der Waals surface area (Å²) in [6.07, 6.45) is 0. The highest BCUT2D eigenvalue weighted by Gasteiger charge is 2.19. The van der Waals surface area contributed by atoms with E-state index >= 15 is 4.39 Å². The van der Waals surface area contributed by atoms with Crippen LogP contribution in [0.15, 0.2) is 53.3 Å². The van der Waals surface area contributed by atoms with E-state index in [9.17, 15) is 9.18 Å². The molecule has 0 atom stereocenters. The monoisotopic (exact) mass is 435 g/mol. The van der Waals surface area contributed by atoms with Gasteiger partial charge in [0.2, 0.25) is 0 Å². The number of nitrogens with zero attached hydrogens (tertiary/aromatic N) is 2. The molecular formula is C25H23F2N3O2. The molecule has 0 saturated heterocycles. The van der Waals surface area contributed by atoms with E-state index in [1.807, 2.05) is 0 Å². The fourth-order valence-corrected chi connectivity index (χ4v) is 3.80. The van der Waals surface area contributed by atoms with E-state index < -0.39 is 11.6 Å². The molecule has 0 radical (unpaired) electrons. The number of anilines is 2. The summed E-state index contributed by atoms with van der Waals surface area (Å²) < 4.78 is 36.5. The van der Waals surface area contributed by atoms with Gasteiger partial charge in [-0.3, -0.25) is 14.3 Å². The fourth-order valence-electron chi connectivity index (χ4n) is 3.80. The second kappa shape index (κ2) is 8.51. The zero-order chi connectivity index (χ0) is 23.0. The molecule has 0 bridgehead atoms. The fraction of sp³-hybridized carbons (Fsp3) is 0.200. The van der Waals surface area contributed by atoms with Crippen molar-refractivity contribution in [2.75, 3.05) is 12.4 Å². The number of hydrogen-bond donors (Lipinski definition) is 1. The highest BCUT2D eigenvalue weighted by molar-refractivity contribution is 5.86. The SMILES string of the molecule is COCc1nc(C)cc2c1c(=O)cc(Nc1ccc(C)cc1F)n2-c1ccc(C)cc1F. The molecule has 0 saturated carbocycles. The maximum Gasteiger partial charge on any atom is 0.193 e. The smallest absolute Gasteiger partial charge is 0.193 e. The molecule has 164 valence electrons. The standard InChI is InChI=1S/C25H23F2N3O2/c1-14-5-7-19(17(26)9-14)29-24-12-23(31)25-20(13-32-4)28-16(3)11-22(25)30(24)21-8-6-15(2)10-18(21)27/h5-12,29H,13H2,1-4H3. The first-order valence-electron chi connectivity index (χ1n) is 10.1. The van der Waals surface area contributed by atoms with Crippen molar-refractivity contribution in [2.45, 2.75) is 27.4 Å². The number of aromatic nitrogens is 2. The zero-order valence-corrected chi connectivity index (χ0v) is 18.3. The Kier molecular flexibility index (Phi) is 5.76. The van der Waals surface area contributed by atoms with Crippen LogP contribution >= 0.6 is 0 Å². The van der Waals surface area contributed by atoms with Gasteiger partial charge in [0.1, 0.15) is 17.5 Å². The number of rotatable bonds is 5. The Labute approximate surface area is 184 Å². The van der Waals surface area contributed by atoms with Gasteiger partial charge in [-0.15, -0.1) is 0 Å². The normalized spacial score (nSPS) is 11.2. The van der Waals surface area contributed by atoms with Gasteiger partial charge in [0.25, 0.3) is 0 Å². The maximum absolute atomic E-state index is 15.1. The van der Waals surface area contributed by atoms with Crippen molar-refractivity contribution in [1.29, 1.82) is 0 Å². The highest BCUT2D eigenvalue weighted by Crippen LogP contribution is 2.29.